The molecule has 0 N–H and O–H groups in total. The number of ketones is 2. The molecular weight excluding hydrogens is 216 g/mol. The van der Waals surface area contributed by atoms with Gasteiger partial charge < -0.3 is 4.55 Å². The summed E-state index contributed by atoms with van der Waals surface area (Å²) in [6, 6.07) is 4.71. The van der Waals surface area contributed by atoms with Gasteiger partial charge in [-0.15, -0.1) is 0 Å². The number of benzene rings is 1. The molecule has 2 rings (SSSR count). The van der Waals surface area contributed by atoms with Gasteiger partial charge in [0.15, 0.2) is 11.6 Å². The zero-order valence-corrected chi connectivity index (χ0v) is 8.50. The summed E-state index contributed by atoms with van der Waals surface area (Å²) in [6.45, 7) is 0. The van der Waals surface area contributed by atoms with Crippen molar-refractivity contribution < 1.29 is 18.4 Å². The van der Waals surface area contributed by atoms with E-state index >= 15 is 0 Å². The number of fused-ring (bicyclic) bond motifs is 1. The van der Waals surface area contributed by atoms with Crippen molar-refractivity contribution in [3.05, 3.63) is 34.9 Å². The summed E-state index contributed by atoms with van der Waals surface area (Å²) in [7, 11) is 0. The molecule has 0 fully saturated rings. The third kappa shape index (κ3) is 1.75. The van der Waals surface area contributed by atoms with Crippen LogP contribution in [0.4, 0.5) is 0 Å². The van der Waals surface area contributed by atoms with Crippen molar-refractivity contribution in [2.45, 2.75) is 12.2 Å². The predicted octanol–water partition coefficient (Wildman–Crippen LogP) is 0.835. The predicted molar refractivity (Wildman–Crippen MR) is 52.3 cm³/mol. The van der Waals surface area contributed by atoms with Crippen molar-refractivity contribution >= 4 is 22.6 Å². The van der Waals surface area contributed by atoms with Gasteiger partial charge in [0.25, 0.3) is 0 Å². The maximum absolute atomic E-state index is 11.5. The van der Waals surface area contributed by atoms with Crippen molar-refractivity contribution in [1.82, 2.24) is 0 Å². The lowest BCUT2D eigenvalue weighted by Gasteiger charge is -2.08. The minimum absolute atomic E-state index is 0.141. The van der Waals surface area contributed by atoms with E-state index in [4.69, 9.17) is 0 Å². The monoisotopic (exact) mass is 223 g/mol. The van der Waals surface area contributed by atoms with Gasteiger partial charge in [-0.3, -0.25) is 13.8 Å². The Kier molecular flexibility index (Phi) is 2.50. The topological polar surface area (TPSA) is 74.3 Å². The summed E-state index contributed by atoms with van der Waals surface area (Å²) in [6.07, 6.45) is -0.141. The molecule has 0 heterocycles. The molecule has 0 radical (unpaired) electrons. The van der Waals surface area contributed by atoms with Crippen LogP contribution in [0.1, 0.15) is 32.7 Å². The van der Waals surface area contributed by atoms with E-state index in [1.165, 1.54) is 0 Å². The lowest BCUT2D eigenvalue weighted by atomic mass is 10.0. The molecule has 0 aromatic heterocycles. The second-order valence-corrected chi connectivity index (χ2v) is 4.21. The van der Waals surface area contributed by atoms with Crippen LogP contribution >= 0.6 is 0 Å². The Hall–Kier alpha value is -1.33. The molecule has 1 atom stereocenters. The van der Waals surface area contributed by atoms with Crippen LogP contribution in [-0.2, 0) is 16.8 Å². The average molecular weight is 223 g/mol. The van der Waals surface area contributed by atoms with Crippen molar-refractivity contribution in [2.24, 2.45) is 0 Å². The van der Waals surface area contributed by atoms with Gasteiger partial charge in [0, 0.05) is 16.9 Å². The van der Waals surface area contributed by atoms with Gasteiger partial charge in [0.05, 0.1) is 6.42 Å². The maximum Gasteiger partial charge on any atom is 0.171 e. The number of carbonyl (C=O) groups is 2. The first-order valence-corrected chi connectivity index (χ1v) is 5.58. The minimum atomic E-state index is -2.25. The van der Waals surface area contributed by atoms with Crippen molar-refractivity contribution in [2.75, 3.05) is 0 Å². The summed E-state index contributed by atoms with van der Waals surface area (Å²) >= 11 is -2.25. The van der Waals surface area contributed by atoms with Crippen LogP contribution in [0, 0.1) is 0 Å². The molecule has 4 nitrogen and oxygen atoms in total. The quantitative estimate of drug-likeness (QED) is 0.550. The highest BCUT2D eigenvalue weighted by Crippen LogP contribution is 2.25. The zero-order valence-electron chi connectivity index (χ0n) is 7.69. The molecule has 0 spiro atoms. The fourth-order valence-electron chi connectivity index (χ4n) is 1.74. The number of hydrogen-bond acceptors (Lipinski definition) is 4. The van der Waals surface area contributed by atoms with Crippen molar-refractivity contribution in [3.63, 3.8) is 0 Å². The fourth-order valence-corrected chi connectivity index (χ4v) is 2.23. The highest BCUT2D eigenvalue weighted by Gasteiger charge is 2.29. The van der Waals surface area contributed by atoms with Gasteiger partial charge in [-0.1, -0.05) is 29.3 Å². The Morgan fingerprint density at radius 3 is 2.67 bits per heavy atom. The van der Waals surface area contributed by atoms with Crippen LogP contribution in [-0.4, -0.2) is 20.3 Å². The van der Waals surface area contributed by atoms with Gasteiger partial charge in [0.2, 0.25) is 0 Å². The first kappa shape index (κ1) is 10.2. The van der Waals surface area contributed by atoms with E-state index in [9.17, 15) is 18.4 Å². The van der Waals surface area contributed by atoms with E-state index in [1.807, 2.05) is 0 Å². The Morgan fingerprint density at radius 1 is 1.27 bits per heavy atom. The average Bonchev–Trinajstić information content (AvgIpc) is 2.43. The molecule has 0 saturated heterocycles. The van der Waals surface area contributed by atoms with Crippen molar-refractivity contribution in [3.8, 4) is 0 Å². The molecule has 1 aromatic carbocycles. The largest absolute Gasteiger partial charge is 0.772 e. The lowest BCUT2D eigenvalue weighted by Crippen LogP contribution is -2.02. The van der Waals surface area contributed by atoms with Gasteiger partial charge in [-0.25, -0.2) is 0 Å². The molecule has 1 aliphatic carbocycles. The number of rotatable bonds is 2. The van der Waals surface area contributed by atoms with Crippen molar-refractivity contribution in [1.29, 1.82) is 0 Å². The summed E-state index contributed by atoms with van der Waals surface area (Å²) in [5, 5.41) is 0. The minimum Gasteiger partial charge on any atom is -0.772 e. The number of carbonyl (C=O) groups excluding carboxylic acids is 2. The zero-order chi connectivity index (χ0) is 11.0. The highest BCUT2D eigenvalue weighted by molar-refractivity contribution is 7.78. The normalized spacial score (nSPS) is 16.6. The van der Waals surface area contributed by atoms with Crippen LogP contribution in [0.5, 0.6) is 0 Å². The van der Waals surface area contributed by atoms with E-state index < -0.39 is 11.1 Å². The lowest BCUT2D eigenvalue weighted by molar-refractivity contribution is 0.0923. The maximum atomic E-state index is 11.5. The van der Waals surface area contributed by atoms with Crippen LogP contribution in [0.2, 0.25) is 0 Å². The molecule has 0 aliphatic heterocycles. The molecular formula is C10H7O4S-. The third-order valence-electron chi connectivity index (χ3n) is 2.32. The first-order valence-electron chi connectivity index (χ1n) is 4.33. The second kappa shape index (κ2) is 3.67. The molecule has 1 aromatic rings. The van der Waals surface area contributed by atoms with E-state index in [0.717, 1.165) is 0 Å². The number of hydrogen-bond donors (Lipinski definition) is 0. The van der Waals surface area contributed by atoms with Gasteiger partial charge in [-0.2, -0.15) is 0 Å². The number of Topliss-reactive ketones (excluding diaryl/α,β-unsaturated/α-hetero) is 2. The van der Waals surface area contributed by atoms with Gasteiger partial charge >= 0.3 is 0 Å². The Labute approximate surface area is 88.6 Å². The third-order valence-corrected chi connectivity index (χ3v) is 2.87. The Bertz CT molecular complexity index is 478. The second-order valence-electron chi connectivity index (χ2n) is 3.31. The van der Waals surface area contributed by atoms with E-state index in [2.05, 4.69) is 0 Å². The summed E-state index contributed by atoms with van der Waals surface area (Å²) in [4.78, 5) is 22.8. The van der Waals surface area contributed by atoms with Crippen LogP contribution in [0.15, 0.2) is 18.2 Å². The van der Waals surface area contributed by atoms with Gasteiger partial charge in [-0.05, 0) is 5.56 Å². The summed E-state index contributed by atoms with van der Waals surface area (Å²) < 4.78 is 21.1. The summed E-state index contributed by atoms with van der Waals surface area (Å²) in [5.41, 5.74) is 1.05. The Morgan fingerprint density at radius 2 is 2.00 bits per heavy atom. The summed E-state index contributed by atoms with van der Waals surface area (Å²) in [5.74, 6) is -0.730. The van der Waals surface area contributed by atoms with Crippen LogP contribution < -0.4 is 0 Å². The molecule has 1 aliphatic rings. The molecule has 78 valence electrons. The first-order chi connectivity index (χ1) is 7.09. The highest BCUT2D eigenvalue weighted by atomic mass is 32.2. The standard InChI is InChI=1S/C10H8O4S/c11-8-4-9(12)10-6(5-15(13)14)2-1-3-7(8)10/h1-3H,4-5H2,(H,13,14)/p-1. The molecule has 0 amide bonds. The van der Waals surface area contributed by atoms with E-state index in [1.54, 1.807) is 18.2 Å². The van der Waals surface area contributed by atoms with E-state index in [0.29, 0.717) is 11.1 Å². The molecule has 1 unspecified atom stereocenters. The molecule has 0 saturated carbocycles. The molecule has 5 heteroatoms. The molecule has 15 heavy (non-hydrogen) atoms. The fraction of sp³-hybridized carbons (Fsp3) is 0.200. The van der Waals surface area contributed by atoms with E-state index in [-0.39, 0.29) is 29.3 Å². The SMILES string of the molecule is O=C1CC(=O)c2c(CS(=O)[O-])cccc21. The van der Waals surface area contributed by atoms with Crippen LogP contribution in [0.3, 0.4) is 0 Å². The van der Waals surface area contributed by atoms with Crippen LogP contribution in [0.25, 0.3) is 0 Å². The van der Waals surface area contributed by atoms with Gasteiger partial charge in [0.1, 0.15) is 0 Å². The smallest absolute Gasteiger partial charge is 0.171 e. The Balaban J connectivity index is 2.55. The molecule has 0 bridgehead atoms.